The van der Waals surface area contributed by atoms with E-state index in [9.17, 15) is 4.79 Å². The van der Waals surface area contributed by atoms with Gasteiger partial charge in [-0.3, -0.25) is 4.79 Å². The molecule has 1 aliphatic heterocycles. The third-order valence-corrected chi connectivity index (χ3v) is 3.34. The summed E-state index contributed by atoms with van der Waals surface area (Å²) in [5.41, 5.74) is 5.17. The summed E-state index contributed by atoms with van der Waals surface area (Å²) >= 11 is 0. The van der Waals surface area contributed by atoms with Gasteiger partial charge in [-0.05, 0) is 32.1 Å². The van der Waals surface area contributed by atoms with Gasteiger partial charge in [0.15, 0.2) is 0 Å². The van der Waals surface area contributed by atoms with Crippen LogP contribution in [0.5, 0.6) is 0 Å². The second-order valence-electron chi connectivity index (χ2n) is 4.89. The summed E-state index contributed by atoms with van der Waals surface area (Å²) in [6.45, 7) is 3.72. The van der Waals surface area contributed by atoms with Gasteiger partial charge in [0, 0.05) is 12.5 Å². The highest BCUT2D eigenvalue weighted by molar-refractivity contribution is 5.81. The molecular weight excluding hydrogens is 194 g/mol. The minimum absolute atomic E-state index is 0.253. The van der Waals surface area contributed by atoms with Crippen LogP contribution in [0.15, 0.2) is 0 Å². The Labute approximate surface area is 90.1 Å². The van der Waals surface area contributed by atoms with Crippen LogP contribution >= 0.6 is 0 Å². The standard InChI is InChI=1S/C11H19NO3/c1-11(12,9-2-3-9)10(13)15-7-8-4-5-14-6-8/h8-9H,2-7,12H2,1H3. The molecule has 1 heterocycles. The molecule has 1 saturated heterocycles. The Morgan fingerprint density at radius 1 is 1.53 bits per heavy atom. The molecule has 0 amide bonds. The molecule has 0 radical (unpaired) electrons. The number of hydrogen-bond donors (Lipinski definition) is 1. The topological polar surface area (TPSA) is 61.6 Å². The summed E-state index contributed by atoms with van der Waals surface area (Å²) in [5, 5.41) is 0. The van der Waals surface area contributed by atoms with E-state index < -0.39 is 5.54 Å². The molecule has 0 spiro atoms. The van der Waals surface area contributed by atoms with Gasteiger partial charge in [-0.25, -0.2) is 0 Å². The summed E-state index contributed by atoms with van der Waals surface area (Å²) in [7, 11) is 0. The molecule has 1 aliphatic carbocycles. The average Bonchev–Trinajstić information content (AvgIpc) is 2.94. The third kappa shape index (κ3) is 2.49. The Balaban J connectivity index is 1.75. The van der Waals surface area contributed by atoms with Crippen LogP contribution < -0.4 is 5.73 Å². The van der Waals surface area contributed by atoms with Crippen LogP contribution in [-0.4, -0.2) is 31.3 Å². The Morgan fingerprint density at radius 2 is 2.27 bits per heavy atom. The zero-order valence-corrected chi connectivity index (χ0v) is 9.20. The van der Waals surface area contributed by atoms with E-state index in [1.165, 1.54) is 0 Å². The van der Waals surface area contributed by atoms with Gasteiger partial charge in [-0.2, -0.15) is 0 Å². The third-order valence-electron chi connectivity index (χ3n) is 3.34. The predicted octanol–water partition coefficient (Wildman–Crippen LogP) is 0.693. The molecule has 4 heteroatoms. The van der Waals surface area contributed by atoms with Crippen molar-refractivity contribution in [3.63, 3.8) is 0 Å². The van der Waals surface area contributed by atoms with Crippen molar-refractivity contribution < 1.29 is 14.3 Å². The lowest BCUT2D eigenvalue weighted by molar-refractivity contribution is -0.151. The van der Waals surface area contributed by atoms with E-state index in [0.29, 0.717) is 25.0 Å². The Hall–Kier alpha value is -0.610. The van der Waals surface area contributed by atoms with Gasteiger partial charge < -0.3 is 15.2 Å². The highest BCUT2D eigenvalue weighted by atomic mass is 16.5. The second kappa shape index (κ2) is 4.10. The Bertz CT molecular complexity index is 242. The van der Waals surface area contributed by atoms with Gasteiger partial charge in [0.1, 0.15) is 5.54 Å². The molecule has 2 aliphatic rings. The van der Waals surface area contributed by atoms with Crippen LogP contribution in [0.25, 0.3) is 0 Å². The number of rotatable bonds is 4. The molecule has 86 valence electrons. The first-order valence-electron chi connectivity index (χ1n) is 5.64. The zero-order valence-electron chi connectivity index (χ0n) is 9.20. The Morgan fingerprint density at radius 3 is 2.80 bits per heavy atom. The molecule has 0 aromatic rings. The zero-order chi connectivity index (χ0) is 10.9. The quantitative estimate of drug-likeness (QED) is 0.698. The fourth-order valence-electron chi connectivity index (χ4n) is 1.91. The number of nitrogens with two attached hydrogens (primary N) is 1. The van der Waals surface area contributed by atoms with Crippen molar-refractivity contribution >= 4 is 5.97 Å². The normalized spacial score (nSPS) is 29.9. The van der Waals surface area contributed by atoms with Crippen molar-refractivity contribution in [3.8, 4) is 0 Å². The highest BCUT2D eigenvalue weighted by Crippen LogP contribution is 2.38. The van der Waals surface area contributed by atoms with Crippen molar-refractivity contribution in [2.45, 2.75) is 31.7 Å². The molecule has 0 aromatic heterocycles. The van der Waals surface area contributed by atoms with Gasteiger partial charge in [0.2, 0.25) is 0 Å². The van der Waals surface area contributed by atoms with E-state index >= 15 is 0 Å². The number of carbonyl (C=O) groups is 1. The van der Waals surface area contributed by atoms with E-state index in [4.69, 9.17) is 15.2 Å². The van der Waals surface area contributed by atoms with Crippen LogP contribution in [0, 0.1) is 11.8 Å². The number of hydrogen-bond acceptors (Lipinski definition) is 4. The second-order valence-corrected chi connectivity index (χ2v) is 4.89. The maximum absolute atomic E-state index is 11.7. The van der Waals surface area contributed by atoms with Gasteiger partial charge in [-0.15, -0.1) is 0 Å². The van der Waals surface area contributed by atoms with Crippen LogP contribution in [0.1, 0.15) is 26.2 Å². The lowest BCUT2D eigenvalue weighted by Crippen LogP contribution is -2.48. The first-order valence-corrected chi connectivity index (χ1v) is 5.64. The van der Waals surface area contributed by atoms with E-state index in [1.807, 2.05) is 0 Å². The van der Waals surface area contributed by atoms with Crippen molar-refractivity contribution in [2.75, 3.05) is 19.8 Å². The molecule has 2 unspecified atom stereocenters. The molecule has 2 rings (SSSR count). The first kappa shape index (κ1) is 10.9. The van der Waals surface area contributed by atoms with E-state index in [0.717, 1.165) is 25.9 Å². The monoisotopic (exact) mass is 213 g/mol. The Kier molecular flexibility index (Phi) is 2.98. The summed E-state index contributed by atoms with van der Waals surface area (Å²) in [4.78, 5) is 11.7. The molecule has 1 saturated carbocycles. The summed E-state index contributed by atoms with van der Waals surface area (Å²) in [5.74, 6) is 0.436. The highest BCUT2D eigenvalue weighted by Gasteiger charge is 2.45. The maximum atomic E-state index is 11.7. The maximum Gasteiger partial charge on any atom is 0.326 e. The fourth-order valence-corrected chi connectivity index (χ4v) is 1.91. The molecule has 2 N–H and O–H groups in total. The largest absolute Gasteiger partial charge is 0.464 e. The van der Waals surface area contributed by atoms with Crippen LogP contribution in [0.3, 0.4) is 0 Å². The van der Waals surface area contributed by atoms with E-state index in [1.54, 1.807) is 6.92 Å². The number of carbonyl (C=O) groups excluding carboxylic acids is 1. The molecule has 4 nitrogen and oxygen atoms in total. The van der Waals surface area contributed by atoms with Gasteiger partial charge in [0.25, 0.3) is 0 Å². The molecule has 2 atom stereocenters. The van der Waals surface area contributed by atoms with Crippen molar-refractivity contribution in [3.05, 3.63) is 0 Å². The molecule has 2 fully saturated rings. The van der Waals surface area contributed by atoms with Crippen LogP contribution in [-0.2, 0) is 14.3 Å². The number of esters is 1. The van der Waals surface area contributed by atoms with Crippen molar-refractivity contribution in [2.24, 2.45) is 17.6 Å². The predicted molar refractivity (Wildman–Crippen MR) is 55.2 cm³/mol. The molecule has 0 bridgehead atoms. The minimum Gasteiger partial charge on any atom is -0.464 e. The summed E-state index contributed by atoms with van der Waals surface area (Å²) in [6.07, 6.45) is 3.08. The SMILES string of the molecule is CC(N)(C(=O)OCC1CCOC1)C1CC1. The van der Waals surface area contributed by atoms with E-state index in [2.05, 4.69) is 0 Å². The van der Waals surface area contributed by atoms with E-state index in [-0.39, 0.29) is 5.97 Å². The van der Waals surface area contributed by atoms with Crippen LogP contribution in [0.2, 0.25) is 0 Å². The fraction of sp³-hybridized carbons (Fsp3) is 0.909. The molecular formula is C11H19NO3. The lowest BCUT2D eigenvalue weighted by atomic mass is 9.98. The smallest absolute Gasteiger partial charge is 0.326 e. The van der Waals surface area contributed by atoms with Gasteiger partial charge in [0.05, 0.1) is 13.2 Å². The van der Waals surface area contributed by atoms with Crippen molar-refractivity contribution in [1.29, 1.82) is 0 Å². The van der Waals surface area contributed by atoms with Crippen molar-refractivity contribution in [1.82, 2.24) is 0 Å². The summed E-state index contributed by atoms with van der Waals surface area (Å²) < 4.78 is 10.5. The van der Waals surface area contributed by atoms with Gasteiger partial charge >= 0.3 is 5.97 Å². The lowest BCUT2D eigenvalue weighted by Gasteiger charge is -2.22. The van der Waals surface area contributed by atoms with Crippen LogP contribution in [0.4, 0.5) is 0 Å². The number of ether oxygens (including phenoxy) is 2. The average molecular weight is 213 g/mol. The van der Waals surface area contributed by atoms with Gasteiger partial charge in [-0.1, -0.05) is 0 Å². The molecule has 0 aromatic carbocycles. The molecule has 15 heavy (non-hydrogen) atoms. The minimum atomic E-state index is -0.778. The first-order chi connectivity index (χ1) is 7.10. The summed E-state index contributed by atoms with van der Waals surface area (Å²) in [6, 6.07) is 0.